The molecule has 3 heterocycles. The van der Waals surface area contributed by atoms with Gasteiger partial charge >= 0.3 is 0 Å². The highest BCUT2D eigenvalue weighted by Crippen LogP contribution is 2.46. The lowest BCUT2D eigenvalue weighted by Crippen LogP contribution is -2.52. The molecule has 0 spiro atoms. The number of nitrogens with zero attached hydrogens (tertiary/aromatic N) is 3. The van der Waals surface area contributed by atoms with Gasteiger partial charge in [0.1, 0.15) is 6.10 Å². The Morgan fingerprint density at radius 3 is 2.85 bits per heavy atom. The fraction of sp³-hybridized carbons (Fsp3) is 0.429. The van der Waals surface area contributed by atoms with E-state index in [1.807, 2.05) is 31.4 Å². The summed E-state index contributed by atoms with van der Waals surface area (Å²) in [6, 6.07) is 14.4. The van der Waals surface area contributed by atoms with Crippen molar-refractivity contribution in [2.24, 2.45) is 0 Å². The summed E-state index contributed by atoms with van der Waals surface area (Å²) in [6.45, 7) is 0.981. The number of para-hydroxylation sites is 1. The average Bonchev–Trinajstić information content (AvgIpc) is 3.30. The first-order valence-electron chi connectivity index (χ1n) is 9.52. The van der Waals surface area contributed by atoms with Crippen molar-refractivity contribution < 1.29 is 9.47 Å². The van der Waals surface area contributed by atoms with Crippen molar-refractivity contribution in [1.29, 1.82) is 0 Å². The van der Waals surface area contributed by atoms with Crippen LogP contribution >= 0.6 is 11.3 Å². The Bertz CT molecular complexity index is 898. The van der Waals surface area contributed by atoms with E-state index in [9.17, 15) is 0 Å². The Kier molecular flexibility index (Phi) is 4.25. The van der Waals surface area contributed by atoms with Crippen LogP contribution in [0.2, 0.25) is 0 Å². The highest BCUT2D eigenvalue weighted by Gasteiger charge is 2.52. The minimum Gasteiger partial charge on any atom is -0.474 e. The summed E-state index contributed by atoms with van der Waals surface area (Å²) >= 11 is 1.77. The Balaban J connectivity index is 1.42. The van der Waals surface area contributed by atoms with Crippen molar-refractivity contribution >= 4 is 26.7 Å². The van der Waals surface area contributed by atoms with E-state index >= 15 is 0 Å². The number of methoxy groups -OCH3 is 1. The molecule has 2 aromatic heterocycles. The molecule has 3 aromatic rings. The molecule has 0 unspecified atom stereocenters. The second kappa shape index (κ2) is 6.77. The van der Waals surface area contributed by atoms with E-state index in [1.165, 1.54) is 4.70 Å². The molecule has 0 amide bonds. The van der Waals surface area contributed by atoms with E-state index in [-0.39, 0.29) is 17.7 Å². The van der Waals surface area contributed by atoms with Crippen LogP contribution in [-0.4, -0.2) is 41.4 Å². The van der Waals surface area contributed by atoms with E-state index in [0.717, 1.165) is 42.9 Å². The number of benzene rings is 1. The summed E-state index contributed by atoms with van der Waals surface area (Å²) in [7, 11) is 1.86. The maximum atomic E-state index is 6.19. The predicted molar refractivity (Wildman–Crippen MR) is 108 cm³/mol. The van der Waals surface area contributed by atoms with Crippen LogP contribution in [0.4, 0.5) is 5.13 Å². The number of pyridine rings is 1. The van der Waals surface area contributed by atoms with Crippen molar-refractivity contribution in [3.05, 3.63) is 48.7 Å². The smallest absolute Gasteiger partial charge is 0.213 e. The van der Waals surface area contributed by atoms with Gasteiger partial charge in [0.15, 0.2) is 5.13 Å². The van der Waals surface area contributed by atoms with Crippen LogP contribution in [0.5, 0.6) is 5.88 Å². The zero-order chi connectivity index (χ0) is 18.3. The Morgan fingerprint density at radius 2 is 2.04 bits per heavy atom. The third-order valence-electron chi connectivity index (χ3n) is 6.00. The van der Waals surface area contributed by atoms with E-state index in [1.54, 1.807) is 17.5 Å². The summed E-state index contributed by atoms with van der Waals surface area (Å²) < 4.78 is 13.5. The minimum absolute atomic E-state index is 0.0954. The number of aromatic nitrogens is 2. The van der Waals surface area contributed by atoms with E-state index < -0.39 is 0 Å². The van der Waals surface area contributed by atoms with Gasteiger partial charge in [-0.1, -0.05) is 29.5 Å². The molecule has 1 aliphatic heterocycles. The molecule has 1 saturated heterocycles. The number of fused-ring (bicyclic) bond motifs is 2. The quantitative estimate of drug-likeness (QED) is 0.675. The third-order valence-corrected chi connectivity index (χ3v) is 7.07. The van der Waals surface area contributed by atoms with Gasteiger partial charge in [-0.2, -0.15) is 0 Å². The molecule has 2 fully saturated rings. The number of thiazole rings is 1. The van der Waals surface area contributed by atoms with Gasteiger partial charge in [0, 0.05) is 32.3 Å². The SMILES string of the molecule is CO[C@@]12CC[C@@H](Oc3ccccn3)C[C@@H]1N(c1nc3ccccc3s1)CC2. The first kappa shape index (κ1) is 17.0. The Morgan fingerprint density at radius 1 is 1.15 bits per heavy atom. The second-order valence-electron chi connectivity index (χ2n) is 7.37. The van der Waals surface area contributed by atoms with Crippen LogP contribution in [0.3, 0.4) is 0 Å². The van der Waals surface area contributed by atoms with Gasteiger partial charge in [-0.25, -0.2) is 9.97 Å². The molecule has 1 saturated carbocycles. The van der Waals surface area contributed by atoms with Crippen molar-refractivity contribution in [2.45, 2.75) is 43.4 Å². The molecule has 0 N–H and O–H groups in total. The number of hydrogen-bond acceptors (Lipinski definition) is 6. The molecule has 6 heteroatoms. The van der Waals surface area contributed by atoms with E-state index in [2.05, 4.69) is 28.1 Å². The fourth-order valence-electron chi connectivity index (χ4n) is 4.57. The molecular formula is C21H23N3O2S. The number of rotatable bonds is 4. The topological polar surface area (TPSA) is 47.5 Å². The lowest BCUT2D eigenvalue weighted by molar-refractivity contribution is -0.0607. The molecule has 2 aliphatic rings. The van der Waals surface area contributed by atoms with Gasteiger partial charge in [0.05, 0.1) is 21.9 Å². The summed E-state index contributed by atoms with van der Waals surface area (Å²) in [5.41, 5.74) is 0.978. The molecule has 3 atom stereocenters. The first-order valence-corrected chi connectivity index (χ1v) is 10.3. The maximum Gasteiger partial charge on any atom is 0.213 e. The highest BCUT2D eigenvalue weighted by molar-refractivity contribution is 7.22. The molecule has 0 bridgehead atoms. The second-order valence-corrected chi connectivity index (χ2v) is 8.38. The largest absolute Gasteiger partial charge is 0.474 e. The van der Waals surface area contributed by atoms with Gasteiger partial charge in [0.2, 0.25) is 5.88 Å². The van der Waals surface area contributed by atoms with Crippen LogP contribution in [-0.2, 0) is 4.74 Å². The van der Waals surface area contributed by atoms with Crippen LogP contribution in [0, 0.1) is 0 Å². The monoisotopic (exact) mass is 381 g/mol. The molecule has 5 rings (SSSR count). The van der Waals surface area contributed by atoms with Crippen LogP contribution in [0.15, 0.2) is 48.7 Å². The lowest BCUT2D eigenvalue weighted by atomic mass is 9.79. The summed E-state index contributed by atoms with van der Waals surface area (Å²) in [6.07, 6.45) is 5.91. The number of hydrogen-bond donors (Lipinski definition) is 0. The third kappa shape index (κ3) is 2.97. The fourth-order valence-corrected chi connectivity index (χ4v) is 5.61. The molecular weight excluding hydrogens is 358 g/mol. The average molecular weight is 382 g/mol. The van der Waals surface area contributed by atoms with Gasteiger partial charge in [-0.15, -0.1) is 0 Å². The summed E-state index contributed by atoms with van der Waals surface area (Å²) in [5.74, 6) is 0.706. The minimum atomic E-state index is -0.0954. The molecule has 5 nitrogen and oxygen atoms in total. The van der Waals surface area contributed by atoms with Crippen LogP contribution in [0.1, 0.15) is 25.7 Å². The normalized spacial score (nSPS) is 27.7. The van der Waals surface area contributed by atoms with Crippen molar-refractivity contribution in [1.82, 2.24) is 9.97 Å². The predicted octanol–water partition coefficient (Wildman–Crippen LogP) is 4.29. The van der Waals surface area contributed by atoms with Gasteiger partial charge in [-0.05, 0) is 37.5 Å². The van der Waals surface area contributed by atoms with Crippen molar-refractivity contribution in [3.63, 3.8) is 0 Å². The Labute approximate surface area is 163 Å². The standard InChI is InChI=1S/C21H23N3O2S/c1-25-21-10-9-15(26-19-8-4-5-12-22-19)14-18(21)24(13-11-21)20-23-16-6-2-3-7-17(16)27-20/h2-8,12,15,18H,9-11,13-14H2,1H3/t15-,18+,21-/m1/s1. The molecule has 0 radical (unpaired) electrons. The van der Waals surface area contributed by atoms with E-state index in [0.29, 0.717) is 5.88 Å². The molecule has 140 valence electrons. The van der Waals surface area contributed by atoms with Crippen LogP contribution < -0.4 is 9.64 Å². The zero-order valence-corrected chi connectivity index (χ0v) is 16.2. The molecule has 27 heavy (non-hydrogen) atoms. The van der Waals surface area contributed by atoms with Gasteiger partial charge in [-0.3, -0.25) is 0 Å². The van der Waals surface area contributed by atoms with Crippen LogP contribution in [0.25, 0.3) is 10.2 Å². The van der Waals surface area contributed by atoms with Crippen molar-refractivity contribution in [2.75, 3.05) is 18.6 Å². The Hall–Kier alpha value is -2.18. The maximum absolute atomic E-state index is 6.19. The van der Waals surface area contributed by atoms with Crippen molar-refractivity contribution in [3.8, 4) is 5.88 Å². The zero-order valence-electron chi connectivity index (χ0n) is 15.4. The van der Waals surface area contributed by atoms with E-state index in [4.69, 9.17) is 14.5 Å². The number of ether oxygens (including phenoxy) is 2. The first-order chi connectivity index (χ1) is 13.3. The molecule has 1 aliphatic carbocycles. The molecule has 1 aromatic carbocycles. The highest BCUT2D eigenvalue weighted by atomic mass is 32.1. The lowest BCUT2D eigenvalue weighted by Gasteiger charge is -2.43. The number of anilines is 1. The van der Waals surface area contributed by atoms with Gasteiger partial charge < -0.3 is 14.4 Å². The summed E-state index contributed by atoms with van der Waals surface area (Å²) in [4.78, 5) is 11.7. The van der Waals surface area contributed by atoms with Gasteiger partial charge in [0.25, 0.3) is 0 Å². The summed E-state index contributed by atoms with van der Waals surface area (Å²) in [5, 5.41) is 1.10.